The first-order valence-electron chi connectivity index (χ1n) is 13.6. The lowest BCUT2D eigenvalue weighted by Gasteiger charge is -2.33. The first kappa shape index (κ1) is 27.2. The Morgan fingerprint density at radius 3 is 2.44 bits per heavy atom. The molecular weight excluding hydrogens is 503 g/mol. The van der Waals surface area contributed by atoms with Crippen molar-refractivity contribution in [3.63, 3.8) is 0 Å². The van der Waals surface area contributed by atoms with Gasteiger partial charge in [-0.05, 0) is 99.1 Å². The number of aryl methyl sites for hydroxylation is 1. The Hall–Kier alpha value is -3.36. The van der Waals surface area contributed by atoms with Crippen LogP contribution in [0.1, 0.15) is 54.7 Å². The van der Waals surface area contributed by atoms with Gasteiger partial charge in [-0.3, -0.25) is 9.69 Å². The van der Waals surface area contributed by atoms with Crippen LogP contribution in [0.2, 0.25) is 0 Å². The van der Waals surface area contributed by atoms with Gasteiger partial charge in [0.2, 0.25) is 5.91 Å². The van der Waals surface area contributed by atoms with Crippen LogP contribution >= 0.6 is 0 Å². The van der Waals surface area contributed by atoms with Crippen LogP contribution in [-0.2, 0) is 11.3 Å². The van der Waals surface area contributed by atoms with E-state index >= 15 is 0 Å². The van der Waals surface area contributed by atoms with Crippen molar-refractivity contribution in [3.8, 4) is 11.5 Å². The summed E-state index contributed by atoms with van der Waals surface area (Å²) < 4.78 is 45.9. The van der Waals surface area contributed by atoms with E-state index in [0.717, 1.165) is 63.1 Å². The molecule has 8 heteroatoms. The lowest BCUT2D eigenvalue weighted by atomic mass is 9.86. The van der Waals surface area contributed by atoms with Gasteiger partial charge in [-0.15, -0.1) is 0 Å². The lowest BCUT2D eigenvalue weighted by Crippen LogP contribution is -2.32. The maximum Gasteiger partial charge on any atom is 0.225 e. The van der Waals surface area contributed by atoms with Crippen LogP contribution in [-0.4, -0.2) is 36.5 Å². The molecule has 1 unspecified atom stereocenters. The third-order valence-electron chi connectivity index (χ3n) is 7.72. The summed E-state index contributed by atoms with van der Waals surface area (Å²) in [4.78, 5) is 14.9. The van der Waals surface area contributed by atoms with Crippen molar-refractivity contribution in [3.05, 3.63) is 88.7 Å². The second-order valence-corrected chi connectivity index (χ2v) is 10.6. The van der Waals surface area contributed by atoms with Crippen molar-refractivity contribution in [1.82, 2.24) is 10.2 Å². The molecule has 2 heterocycles. The second kappa shape index (κ2) is 12.2. The first-order chi connectivity index (χ1) is 18.8. The van der Waals surface area contributed by atoms with Crippen molar-refractivity contribution in [2.75, 3.05) is 25.0 Å². The first-order valence-corrected chi connectivity index (χ1v) is 13.6. The number of anilines is 1. The second-order valence-electron chi connectivity index (χ2n) is 10.6. The number of halogens is 3. The predicted octanol–water partition coefficient (Wildman–Crippen LogP) is 6.66. The summed E-state index contributed by atoms with van der Waals surface area (Å²) in [7, 11) is 0. The minimum atomic E-state index is -1.25. The van der Waals surface area contributed by atoms with Gasteiger partial charge in [0, 0.05) is 36.8 Å². The van der Waals surface area contributed by atoms with E-state index in [9.17, 15) is 18.0 Å². The molecule has 206 valence electrons. The summed E-state index contributed by atoms with van der Waals surface area (Å²) in [6.07, 6.45) is 4.75. The predicted molar refractivity (Wildman–Crippen MR) is 146 cm³/mol. The summed E-state index contributed by atoms with van der Waals surface area (Å²) in [5, 5.41) is 6.46. The van der Waals surface area contributed by atoms with Crippen molar-refractivity contribution >= 4 is 11.6 Å². The normalized spacial score (nSPS) is 18.3. The Morgan fingerprint density at radius 1 is 0.974 bits per heavy atom. The zero-order valence-corrected chi connectivity index (χ0v) is 22.1. The van der Waals surface area contributed by atoms with E-state index in [2.05, 4.69) is 34.6 Å². The molecule has 2 saturated heterocycles. The molecule has 3 aromatic rings. The number of carbonyl (C=O) groups excluding carboxylic acids is 1. The van der Waals surface area contributed by atoms with Gasteiger partial charge in [-0.1, -0.05) is 18.2 Å². The Labute approximate surface area is 227 Å². The summed E-state index contributed by atoms with van der Waals surface area (Å²) in [6, 6.07) is 14.9. The van der Waals surface area contributed by atoms with E-state index in [1.165, 1.54) is 11.1 Å². The maximum atomic E-state index is 13.9. The molecule has 39 heavy (non-hydrogen) atoms. The molecule has 2 aliphatic heterocycles. The summed E-state index contributed by atoms with van der Waals surface area (Å²) >= 11 is 0. The van der Waals surface area contributed by atoms with E-state index in [0.29, 0.717) is 30.2 Å². The molecule has 5 nitrogen and oxygen atoms in total. The van der Waals surface area contributed by atoms with E-state index < -0.39 is 17.5 Å². The monoisotopic (exact) mass is 537 g/mol. The zero-order valence-electron chi connectivity index (χ0n) is 22.1. The maximum absolute atomic E-state index is 13.9. The van der Waals surface area contributed by atoms with Gasteiger partial charge in [0.1, 0.15) is 5.75 Å². The topological polar surface area (TPSA) is 53.6 Å². The average molecular weight is 538 g/mol. The van der Waals surface area contributed by atoms with Gasteiger partial charge < -0.3 is 15.4 Å². The molecule has 5 rings (SSSR count). The van der Waals surface area contributed by atoms with Crippen molar-refractivity contribution in [1.29, 1.82) is 0 Å². The third-order valence-corrected chi connectivity index (χ3v) is 7.72. The van der Waals surface area contributed by atoms with Gasteiger partial charge in [-0.25, -0.2) is 13.2 Å². The number of rotatable bonds is 8. The minimum absolute atomic E-state index is 0.0606. The molecule has 0 spiro atoms. The highest BCUT2D eigenvalue weighted by Gasteiger charge is 2.23. The molecule has 2 fully saturated rings. The van der Waals surface area contributed by atoms with Crippen molar-refractivity contribution in [2.24, 2.45) is 0 Å². The number of ether oxygens (including phenoxy) is 1. The zero-order chi connectivity index (χ0) is 27.4. The van der Waals surface area contributed by atoms with E-state index in [1.54, 1.807) is 12.1 Å². The molecule has 0 saturated carbocycles. The van der Waals surface area contributed by atoms with Crippen LogP contribution < -0.4 is 15.4 Å². The summed E-state index contributed by atoms with van der Waals surface area (Å²) in [5.41, 5.74) is 4.50. The Bertz CT molecular complexity index is 1300. The molecule has 3 aromatic carbocycles. The average Bonchev–Trinajstić information content (AvgIpc) is 3.43. The molecule has 2 aliphatic rings. The van der Waals surface area contributed by atoms with E-state index in [-0.39, 0.29) is 17.7 Å². The lowest BCUT2D eigenvalue weighted by molar-refractivity contribution is -0.116. The quantitative estimate of drug-likeness (QED) is 0.316. The third kappa shape index (κ3) is 6.99. The SMILES string of the molecule is Cc1ccc(NC(=O)CC2CCCN2)cc1C1CCN(Cc2ccc(Oc3cc(F)c(F)cc3F)cc2)CC1. The number of amides is 1. The smallest absolute Gasteiger partial charge is 0.225 e. The Balaban J connectivity index is 1.13. The van der Waals surface area contributed by atoms with Gasteiger partial charge in [0.05, 0.1) is 0 Å². The number of hydrogen-bond acceptors (Lipinski definition) is 4. The fraction of sp³-hybridized carbons (Fsp3) is 0.387. The van der Waals surface area contributed by atoms with E-state index in [1.807, 2.05) is 18.2 Å². The van der Waals surface area contributed by atoms with E-state index in [4.69, 9.17) is 4.74 Å². The fourth-order valence-electron chi connectivity index (χ4n) is 5.56. The van der Waals surface area contributed by atoms with Crippen molar-refractivity contribution < 1.29 is 22.7 Å². The van der Waals surface area contributed by atoms with Crippen LogP contribution in [0.4, 0.5) is 18.9 Å². The molecule has 1 amide bonds. The van der Waals surface area contributed by atoms with Gasteiger partial charge >= 0.3 is 0 Å². The largest absolute Gasteiger partial charge is 0.454 e. The Morgan fingerprint density at radius 2 is 1.72 bits per heavy atom. The molecule has 0 aromatic heterocycles. The molecule has 0 bridgehead atoms. The number of hydrogen-bond donors (Lipinski definition) is 2. The van der Waals surface area contributed by atoms with Crippen molar-refractivity contribution in [2.45, 2.75) is 57.5 Å². The van der Waals surface area contributed by atoms with Gasteiger partial charge in [-0.2, -0.15) is 0 Å². The highest BCUT2D eigenvalue weighted by atomic mass is 19.2. The molecular formula is C31H34F3N3O2. The summed E-state index contributed by atoms with van der Waals surface area (Å²) in [5.74, 6) is -2.86. The number of likely N-dealkylation sites (tertiary alicyclic amines) is 1. The van der Waals surface area contributed by atoms with Crippen LogP contribution in [0, 0.1) is 24.4 Å². The summed E-state index contributed by atoms with van der Waals surface area (Å²) in [6.45, 7) is 5.80. The van der Waals surface area contributed by atoms with Gasteiger partial charge in [0.15, 0.2) is 23.2 Å². The molecule has 1 atom stereocenters. The van der Waals surface area contributed by atoms with Gasteiger partial charge in [0.25, 0.3) is 0 Å². The molecule has 0 radical (unpaired) electrons. The van der Waals surface area contributed by atoms with Crippen LogP contribution in [0.15, 0.2) is 54.6 Å². The number of carbonyl (C=O) groups is 1. The van der Waals surface area contributed by atoms with Crippen LogP contribution in [0.5, 0.6) is 11.5 Å². The minimum Gasteiger partial charge on any atom is -0.454 e. The number of nitrogens with zero attached hydrogens (tertiary/aromatic N) is 1. The molecule has 2 N–H and O–H groups in total. The van der Waals surface area contributed by atoms with Crippen LogP contribution in [0.3, 0.4) is 0 Å². The highest BCUT2D eigenvalue weighted by Crippen LogP contribution is 2.33. The number of benzene rings is 3. The Kier molecular flexibility index (Phi) is 8.53. The molecule has 0 aliphatic carbocycles. The number of piperidine rings is 1. The van der Waals surface area contributed by atoms with Crippen LogP contribution in [0.25, 0.3) is 0 Å². The highest BCUT2D eigenvalue weighted by molar-refractivity contribution is 5.91. The number of nitrogens with one attached hydrogen (secondary N) is 2. The fourth-order valence-corrected chi connectivity index (χ4v) is 5.56. The standard InChI is InChI=1S/C31H34F3N3O2/c1-20-4-7-24(36-31(38)16-23-3-2-12-35-23)15-26(20)22-10-13-37(14-11-22)19-21-5-8-25(9-6-21)39-30-18-28(33)27(32)17-29(30)34/h4-9,15,17-18,22-23,35H,2-3,10-14,16,19H2,1H3,(H,36,38).